The van der Waals surface area contributed by atoms with Crippen molar-refractivity contribution < 1.29 is 24.2 Å². The van der Waals surface area contributed by atoms with Crippen LogP contribution in [0.5, 0.6) is 11.5 Å². The summed E-state index contributed by atoms with van der Waals surface area (Å²) < 4.78 is 10.4. The van der Waals surface area contributed by atoms with Gasteiger partial charge in [-0.3, -0.25) is 4.79 Å². The molecule has 0 aromatic heterocycles. The van der Waals surface area contributed by atoms with E-state index in [9.17, 15) is 14.7 Å². The summed E-state index contributed by atoms with van der Waals surface area (Å²) >= 11 is 0. The van der Waals surface area contributed by atoms with E-state index in [0.29, 0.717) is 36.4 Å². The Bertz CT molecular complexity index is 585. The maximum Gasteiger partial charge on any atom is 0.329 e. The van der Waals surface area contributed by atoms with E-state index in [1.807, 2.05) is 0 Å². The van der Waals surface area contributed by atoms with Gasteiger partial charge in [-0.2, -0.15) is 0 Å². The first-order valence-corrected chi connectivity index (χ1v) is 6.47. The van der Waals surface area contributed by atoms with Crippen molar-refractivity contribution in [3.63, 3.8) is 0 Å². The van der Waals surface area contributed by atoms with Gasteiger partial charge in [0.2, 0.25) is 6.79 Å². The molecular weight excluding hydrogens is 262 g/mol. The number of aliphatic carboxylic acids is 1. The van der Waals surface area contributed by atoms with Crippen molar-refractivity contribution in [2.75, 3.05) is 13.3 Å². The Morgan fingerprint density at radius 2 is 2.05 bits per heavy atom. The lowest BCUT2D eigenvalue weighted by Crippen LogP contribution is -2.50. The van der Waals surface area contributed by atoms with Crippen molar-refractivity contribution >= 4 is 11.9 Å². The summed E-state index contributed by atoms with van der Waals surface area (Å²) in [6, 6.07) is 4.91. The van der Waals surface area contributed by atoms with Gasteiger partial charge >= 0.3 is 5.97 Å². The molecular formula is C14H15NO5. The van der Waals surface area contributed by atoms with Crippen LogP contribution >= 0.6 is 0 Å². The monoisotopic (exact) mass is 277 g/mol. The van der Waals surface area contributed by atoms with E-state index in [1.165, 1.54) is 4.90 Å². The van der Waals surface area contributed by atoms with E-state index in [1.54, 1.807) is 25.1 Å². The third-order valence-corrected chi connectivity index (χ3v) is 3.97. The summed E-state index contributed by atoms with van der Waals surface area (Å²) in [5.74, 6) is -0.133. The van der Waals surface area contributed by atoms with E-state index < -0.39 is 11.5 Å². The molecule has 1 aromatic carbocycles. The minimum absolute atomic E-state index is 0.142. The van der Waals surface area contributed by atoms with Crippen LogP contribution in [-0.2, 0) is 4.79 Å². The van der Waals surface area contributed by atoms with Gasteiger partial charge in [-0.1, -0.05) is 0 Å². The first-order valence-electron chi connectivity index (χ1n) is 6.47. The number of benzene rings is 1. The molecule has 106 valence electrons. The smallest absolute Gasteiger partial charge is 0.329 e. The van der Waals surface area contributed by atoms with Crippen LogP contribution in [0, 0.1) is 0 Å². The molecule has 1 fully saturated rings. The highest BCUT2D eigenvalue weighted by Crippen LogP contribution is 2.35. The fraction of sp³-hybridized carbons (Fsp3) is 0.429. The summed E-state index contributed by atoms with van der Waals surface area (Å²) in [7, 11) is 0. The summed E-state index contributed by atoms with van der Waals surface area (Å²) in [5.41, 5.74) is -0.711. The molecule has 20 heavy (non-hydrogen) atoms. The zero-order valence-corrected chi connectivity index (χ0v) is 11.1. The van der Waals surface area contributed by atoms with E-state index >= 15 is 0 Å². The molecule has 0 radical (unpaired) electrons. The van der Waals surface area contributed by atoms with Crippen LogP contribution in [0.2, 0.25) is 0 Å². The number of nitrogens with zero attached hydrogens (tertiary/aromatic N) is 1. The van der Waals surface area contributed by atoms with Crippen molar-refractivity contribution in [3.8, 4) is 11.5 Å². The van der Waals surface area contributed by atoms with Crippen molar-refractivity contribution in [2.24, 2.45) is 0 Å². The quantitative estimate of drug-likeness (QED) is 0.886. The van der Waals surface area contributed by atoms with Crippen molar-refractivity contribution in [3.05, 3.63) is 23.8 Å². The highest BCUT2D eigenvalue weighted by Gasteiger charge is 2.46. The van der Waals surface area contributed by atoms with Crippen molar-refractivity contribution in [2.45, 2.75) is 25.3 Å². The van der Waals surface area contributed by atoms with Crippen LogP contribution in [0.4, 0.5) is 0 Å². The van der Waals surface area contributed by atoms with Crippen LogP contribution in [-0.4, -0.2) is 40.8 Å². The minimum atomic E-state index is -1.13. The summed E-state index contributed by atoms with van der Waals surface area (Å²) in [5, 5.41) is 9.36. The molecule has 0 bridgehead atoms. The molecule has 3 rings (SSSR count). The molecule has 6 heteroatoms. The maximum atomic E-state index is 12.5. The number of carboxylic acid groups (broad SMARTS) is 1. The number of likely N-dealkylation sites (tertiary alicyclic amines) is 1. The average molecular weight is 277 g/mol. The second-order valence-electron chi connectivity index (χ2n) is 5.21. The van der Waals surface area contributed by atoms with Gasteiger partial charge in [0, 0.05) is 12.1 Å². The second kappa shape index (κ2) is 4.40. The van der Waals surface area contributed by atoms with Gasteiger partial charge in [0.15, 0.2) is 11.5 Å². The predicted molar refractivity (Wildman–Crippen MR) is 68.9 cm³/mol. The van der Waals surface area contributed by atoms with Crippen molar-refractivity contribution in [1.29, 1.82) is 0 Å². The van der Waals surface area contributed by atoms with Gasteiger partial charge in [0.05, 0.1) is 0 Å². The minimum Gasteiger partial charge on any atom is -0.480 e. The van der Waals surface area contributed by atoms with E-state index in [2.05, 4.69) is 0 Å². The Balaban J connectivity index is 1.91. The average Bonchev–Trinajstić information content (AvgIpc) is 3.03. The summed E-state index contributed by atoms with van der Waals surface area (Å²) in [6.07, 6.45) is 1.16. The molecule has 2 aliphatic rings. The molecule has 6 nitrogen and oxygen atoms in total. The van der Waals surface area contributed by atoms with Crippen LogP contribution in [0.15, 0.2) is 18.2 Å². The Kier molecular flexibility index (Phi) is 2.81. The lowest BCUT2D eigenvalue weighted by molar-refractivity contribution is -0.147. The molecule has 1 N–H and O–H groups in total. The first-order chi connectivity index (χ1) is 9.52. The number of carbonyl (C=O) groups is 2. The van der Waals surface area contributed by atoms with Crippen LogP contribution in [0.1, 0.15) is 30.1 Å². The normalized spacial score (nSPS) is 23.9. The SMILES string of the molecule is CC1(C(=O)O)CCCN1C(=O)c1ccc2c(c1)OCO2. The van der Waals surface area contributed by atoms with E-state index in [0.717, 1.165) is 0 Å². The molecule has 1 atom stereocenters. The number of amides is 1. The number of hydrogen-bond acceptors (Lipinski definition) is 4. The fourth-order valence-corrected chi connectivity index (χ4v) is 2.70. The molecule has 0 aliphatic carbocycles. The lowest BCUT2D eigenvalue weighted by Gasteiger charge is -2.31. The topological polar surface area (TPSA) is 76.1 Å². The Morgan fingerprint density at radius 3 is 2.80 bits per heavy atom. The Hall–Kier alpha value is -2.24. The van der Waals surface area contributed by atoms with E-state index in [-0.39, 0.29) is 12.7 Å². The van der Waals surface area contributed by atoms with Crippen LogP contribution in [0.3, 0.4) is 0 Å². The number of carboxylic acids is 1. The molecule has 2 heterocycles. The largest absolute Gasteiger partial charge is 0.480 e. The number of ether oxygens (including phenoxy) is 2. The van der Waals surface area contributed by atoms with Gasteiger partial charge in [-0.25, -0.2) is 4.79 Å². The van der Waals surface area contributed by atoms with Gasteiger partial charge in [0.25, 0.3) is 5.91 Å². The molecule has 0 saturated carbocycles. The Labute approximate surface area is 115 Å². The maximum absolute atomic E-state index is 12.5. The molecule has 2 aliphatic heterocycles. The second-order valence-corrected chi connectivity index (χ2v) is 5.21. The van der Waals surface area contributed by atoms with E-state index in [4.69, 9.17) is 9.47 Å². The van der Waals surface area contributed by atoms with Crippen LogP contribution in [0.25, 0.3) is 0 Å². The number of fused-ring (bicyclic) bond motifs is 1. The molecule has 1 amide bonds. The molecule has 0 spiro atoms. The highest BCUT2D eigenvalue weighted by molar-refractivity contribution is 5.98. The molecule has 1 aromatic rings. The standard InChI is InChI=1S/C14H15NO5/c1-14(13(17)18)5-2-6-15(14)12(16)9-3-4-10-11(7-9)20-8-19-10/h3-4,7H,2,5-6,8H2,1H3,(H,17,18). The number of hydrogen-bond donors (Lipinski definition) is 1. The molecule has 1 saturated heterocycles. The third-order valence-electron chi connectivity index (χ3n) is 3.97. The Morgan fingerprint density at radius 1 is 1.30 bits per heavy atom. The summed E-state index contributed by atoms with van der Waals surface area (Å²) in [6.45, 7) is 2.19. The zero-order valence-electron chi connectivity index (χ0n) is 11.1. The lowest BCUT2D eigenvalue weighted by atomic mass is 9.98. The fourth-order valence-electron chi connectivity index (χ4n) is 2.70. The molecule has 1 unspecified atom stereocenters. The van der Waals surface area contributed by atoms with Gasteiger partial charge < -0.3 is 19.5 Å². The van der Waals surface area contributed by atoms with Gasteiger partial charge in [-0.15, -0.1) is 0 Å². The zero-order chi connectivity index (χ0) is 14.3. The first kappa shape index (κ1) is 12.8. The number of carbonyl (C=O) groups excluding carboxylic acids is 1. The summed E-state index contributed by atoms with van der Waals surface area (Å²) in [4.78, 5) is 25.4. The number of rotatable bonds is 2. The van der Waals surface area contributed by atoms with Gasteiger partial charge in [0.1, 0.15) is 5.54 Å². The van der Waals surface area contributed by atoms with Gasteiger partial charge in [-0.05, 0) is 38.0 Å². The predicted octanol–water partition coefficient (Wildman–Crippen LogP) is 1.49. The highest BCUT2D eigenvalue weighted by atomic mass is 16.7. The van der Waals surface area contributed by atoms with Crippen molar-refractivity contribution in [1.82, 2.24) is 4.90 Å². The third kappa shape index (κ3) is 1.79. The van der Waals surface area contributed by atoms with Crippen LogP contribution < -0.4 is 9.47 Å².